The number of hydrogen-bond donors (Lipinski definition) is 1. The number of pyridine rings is 1. The first-order chi connectivity index (χ1) is 6.61. The molecule has 74 valence electrons. The third-order valence-corrected chi connectivity index (χ3v) is 1.76. The van der Waals surface area contributed by atoms with E-state index >= 15 is 0 Å². The number of carbonyl (C=O) groups excluding carboxylic acids is 1. The molecule has 1 rings (SSSR count). The van der Waals surface area contributed by atoms with Gasteiger partial charge in [-0.3, -0.25) is 4.79 Å². The van der Waals surface area contributed by atoms with Gasteiger partial charge in [-0.15, -0.1) is 0 Å². The Kier molecular flexibility index (Phi) is 3.59. The molecule has 14 heavy (non-hydrogen) atoms. The lowest BCUT2D eigenvalue weighted by molar-refractivity contribution is -0.117. The number of aromatic nitrogens is 1. The first-order valence-corrected chi connectivity index (χ1v) is 4.24. The Bertz CT molecular complexity index is 379. The SMILES string of the molecule is NC(=O)CC=Cc1ccnc(Cl)c1F. The Morgan fingerprint density at radius 3 is 3.07 bits per heavy atom. The van der Waals surface area contributed by atoms with Crippen LogP contribution in [0, 0.1) is 5.82 Å². The summed E-state index contributed by atoms with van der Waals surface area (Å²) in [5.74, 6) is -1.07. The van der Waals surface area contributed by atoms with Gasteiger partial charge in [0.05, 0.1) is 0 Å². The molecule has 0 saturated heterocycles. The molecule has 0 aliphatic heterocycles. The number of primary amides is 1. The van der Waals surface area contributed by atoms with E-state index in [4.69, 9.17) is 17.3 Å². The maximum absolute atomic E-state index is 13.2. The summed E-state index contributed by atoms with van der Waals surface area (Å²) in [5, 5.41) is -0.189. The van der Waals surface area contributed by atoms with Crippen molar-refractivity contribution in [2.45, 2.75) is 6.42 Å². The van der Waals surface area contributed by atoms with Crippen molar-refractivity contribution in [1.29, 1.82) is 0 Å². The molecule has 0 aromatic carbocycles. The van der Waals surface area contributed by atoms with Crippen molar-refractivity contribution < 1.29 is 9.18 Å². The summed E-state index contributed by atoms with van der Waals surface area (Å²) in [4.78, 5) is 13.9. The fraction of sp³-hybridized carbons (Fsp3) is 0.111. The summed E-state index contributed by atoms with van der Waals surface area (Å²) < 4.78 is 13.2. The Balaban J connectivity index is 2.81. The van der Waals surface area contributed by atoms with E-state index in [2.05, 4.69) is 4.98 Å². The van der Waals surface area contributed by atoms with E-state index in [9.17, 15) is 9.18 Å². The molecule has 0 aliphatic carbocycles. The monoisotopic (exact) mass is 214 g/mol. The molecule has 0 radical (unpaired) electrons. The minimum atomic E-state index is -0.602. The summed E-state index contributed by atoms with van der Waals surface area (Å²) in [6.07, 6.45) is 4.36. The predicted molar refractivity (Wildman–Crippen MR) is 52.1 cm³/mol. The van der Waals surface area contributed by atoms with Gasteiger partial charge in [-0.2, -0.15) is 0 Å². The molecule has 0 unspecified atom stereocenters. The molecular weight excluding hydrogens is 207 g/mol. The molecule has 1 aromatic heterocycles. The number of rotatable bonds is 3. The highest BCUT2D eigenvalue weighted by Gasteiger charge is 2.03. The molecule has 0 aliphatic rings. The molecular formula is C9H8ClFN2O. The van der Waals surface area contributed by atoms with E-state index in [1.165, 1.54) is 24.4 Å². The molecule has 1 amide bonds. The standard InChI is InChI=1S/C9H8ClFN2O/c10-9-8(11)6(4-5-13-9)2-1-3-7(12)14/h1-2,4-5H,3H2,(H2,12,14). The van der Waals surface area contributed by atoms with Crippen molar-refractivity contribution in [3.8, 4) is 0 Å². The zero-order chi connectivity index (χ0) is 10.6. The lowest BCUT2D eigenvalue weighted by Crippen LogP contribution is -2.07. The number of halogens is 2. The van der Waals surface area contributed by atoms with Crippen LogP contribution in [0.25, 0.3) is 6.08 Å². The third kappa shape index (κ3) is 2.81. The normalized spacial score (nSPS) is 10.7. The van der Waals surface area contributed by atoms with Gasteiger partial charge in [0.1, 0.15) is 0 Å². The summed E-state index contributed by atoms with van der Waals surface area (Å²) in [6, 6.07) is 1.46. The van der Waals surface area contributed by atoms with E-state index in [0.717, 1.165) is 0 Å². The first kappa shape index (κ1) is 10.7. The smallest absolute Gasteiger partial charge is 0.221 e. The number of nitrogens with two attached hydrogens (primary N) is 1. The molecule has 2 N–H and O–H groups in total. The zero-order valence-corrected chi connectivity index (χ0v) is 7.96. The van der Waals surface area contributed by atoms with Crippen LogP contribution in [0.5, 0.6) is 0 Å². The lowest BCUT2D eigenvalue weighted by Gasteiger charge is -1.96. The minimum absolute atomic E-state index is 0.0688. The number of hydrogen-bond acceptors (Lipinski definition) is 2. The molecule has 5 heteroatoms. The maximum atomic E-state index is 13.2. The molecule has 0 bridgehead atoms. The quantitative estimate of drug-likeness (QED) is 0.780. The average Bonchev–Trinajstić information content (AvgIpc) is 2.12. The Morgan fingerprint density at radius 1 is 1.71 bits per heavy atom. The van der Waals surface area contributed by atoms with Gasteiger partial charge in [-0.05, 0) is 6.07 Å². The molecule has 0 saturated carbocycles. The van der Waals surface area contributed by atoms with Crippen molar-refractivity contribution in [2.24, 2.45) is 5.73 Å². The van der Waals surface area contributed by atoms with Gasteiger partial charge >= 0.3 is 0 Å². The highest BCUT2D eigenvalue weighted by Crippen LogP contribution is 2.16. The van der Waals surface area contributed by atoms with Crippen LogP contribution >= 0.6 is 11.6 Å². The van der Waals surface area contributed by atoms with Crippen LogP contribution in [0.2, 0.25) is 5.15 Å². The van der Waals surface area contributed by atoms with Crippen LogP contribution in [0.3, 0.4) is 0 Å². The second kappa shape index (κ2) is 4.72. The van der Waals surface area contributed by atoms with Gasteiger partial charge in [-0.25, -0.2) is 9.37 Å². The molecule has 0 spiro atoms. The van der Waals surface area contributed by atoms with Crippen LogP contribution in [0.1, 0.15) is 12.0 Å². The van der Waals surface area contributed by atoms with E-state index in [0.29, 0.717) is 0 Å². The Hall–Kier alpha value is -1.42. The summed E-state index contributed by atoms with van der Waals surface area (Å²) in [5.41, 5.74) is 5.19. The molecule has 0 atom stereocenters. The molecule has 1 heterocycles. The lowest BCUT2D eigenvalue weighted by atomic mass is 10.2. The van der Waals surface area contributed by atoms with Gasteiger partial charge in [0.2, 0.25) is 5.91 Å². The first-order valence-electron chi connectivity index (χ1n) is 3.86. The van der Waals surface area contributed by atoms with Crippen LogP contribution in [-0.2, 0) is 4.79 Å². The zero-order valence-electron chi connectivity index (χ0n) is 7.21. The minimum Gasteiger partial charge on any atom is -0.369 e. The summed E-state index contributed by atoms with van der Waals surface area (Å²) in [6.45, 7) is 0. The van der Waals surface area contributed by atoms with Gasteiger partial charge in [0, 0.05) is 18.2 Å². The fourth-order valence-corrected chi connectivity index (χ4v) is 1.03. The van der Waals surface area contributed by atoms with Gasteiger partial charge in [-0.1, -0.05) is 23.8 Å². The number of nitrogens with zero attached hydrogens (tertiary/aromatic N) is 1. The second-order valence-corrected chi connectivity index (χ2v) is 2.94. The van der Waals surface area contributed by atoms with E-state index < -0.39 is 11.7 Å². The van der Waals surface area contributed by atoms with E-state index in [1.807, 2.05) is 0 Å². The van der Waals surface area contributed by atoms with Crippen molar-refractivity contribution in [3.05, 3.63) is 34.9 Å². The fourth-order valence-electron chi connectivity index (χ4n) is 0.863. The molecule has 0 fully saturated rings. The van der Waals surface area contributed by atoms with Crippen LogP contribution in [0.15, 0.2) is 18.3 Å². The van der Waals surface area contributed by atoms with Crippen LogP contribution < -0.4 is 5.73 Å². The third-order valence-electron chi connectivity index (χ3n) is 1.49. The maximum Gasteiger partial charge on any atom is 0.221 e. The molecule has 3 nitrogen and oxygen atoms in total. The highest BCUT2D eigenvalue weighted by molar-refractivity contribution is 6.29. The average molecular weight is 215 g/mol. The predicted octanol–water partition coefficient (Wildman–Crippen LogP) is 1.76. The topological polar surface area (TPSA) is 56.0 Å². The van der Waals surface area contributed by atoms with Crippen molar-refractivity contribution in [2.75, 3.05) is 0 Å². The van der Waals surface area contributed by atoms with Crippen molar-refractivity contribution >= 4 is 23.6 Å². The van der Waals surface area contributed by atoms with Gasteiger partial charge < -0.3 is 5.73 Å². The van der Waals surface area contributed by atoms with Crippen molar-refractivity contribution in [3.63, 3.8) is 0 Å². The van der Waals surface area contributed by atoms with Gasteiger partial charge in [0.15, 0.2) is 11.0 Å². The van der Waals surface area contributed by atoms with Crippen LogP contribution in [0.4, 0.5) is 4.39 Å². The van der Waals surface area contributed by atoms with Crippen molar-refractivity contribution in [1.82, 2.24) is 4.98 Å². The number of amides is 1. The van der Waals surface area contributed by atoms with E-state index in [1.54, 1.807) is 0 Å². The van der Waals surface area contributed by atoms with Gasteiger partial charge in [0.25, 0.3) is 0 Å². The summed E-state index contributed by atoms with van der Waals surface area (Å²) >= 11 is 5.44. The summed E-state index contributed by atoms with van der Waals surface area (Å²) in [7, 11) is 0. The van der Waals surface area contributed by atoms with E-state index in [-0.39, 0.29) is 17.1 Å². The Morgan fingerprint density at radius 2 is 2.43 bits per heavy atom. The van der Waals surface area contributed by atoms with Crippen LogP contribution in [-0.4, -0.2) is 10.9 Å². The highest BCUT2D eigenvalue weighted by atomic mass is 35.5. The number of carbonyl (C=O) groups is 1. The Labute approximate surface area is 85.4 Å². The second-order valence-electron chi connectivity index (χ2n) is 2.58. The largest absolute Gasteiger partial charge is 0.369 e. The molecule has 1 aromatic rings.